The molecular weight excluding hydrogens is 354 g/mol. The van der Waals surface area contributed by atoms with Crippen LogP contribution in [0.3, 0.4) is 0 Å². The quantitative estimate of drug-likeness (QED) is 0.532. The highest BCUT2D eigenvalue weighted by Gasteiger charge is 2.27. The summed E-state index contributed by atoms with van der Waals surface area (Å²) in [6.45, 7) is 5.47. The Balaban J connectivity index is 1.30. The molecule has 3 aromatic heterocycles. The molecule has 0 N–H and O–H groups in total. The monoisotopic (exact) mass is 377 g/mol. The third kappa shape index (κ3) is 3.04. The van der Waals surface area contributed by atoms with Gasteiger partial charge in [-0.05, 0) is 38.0 Å². The van der Waals surface area contributed by atoms with Crippen molar-refractivity contribution in [1.82, 2.24) is 29.5 Å². The summed E-state index contributed by atoms with van der Waals surface area (Å²) in [4.78, 5) is 6.86. The Kier molecular flexibility index (Phi) is 4.31. The van der Waals surface area contributed by atoms with E-state index in [0.29, 0.717) is 12.5 Å². The third-order valence-electron chi connectivity index (χ3n) is 5.45. The number of benzene rings is 1. The second-order valence-electron chi connectivity index (χ2n) is 7.15. The largest absolute Gasteiger partial charge is 0.423 e. The molecule has 1 fully saturated rings. The fourth-order valence-electron chi connectivity index (χ4n) is 3.98. The first-order valence-corrected chi connectivity index (χ1v) is 9.81. The Bertz CT molecular complexity index is 1020. The van der Waals surface area contributed by atoms with E-state index in [2.05, 4.69) is 36.7 Å². The summed E-state index contributed by atoms with van der Waals surface area (Å²) >= 11 is 0. The van der Waals surface area contributed by atoms with Crippen LogP contribution in [-0.4, -0.2) is 42.6 Å². The lowest BCUT2D eigenvalue weighted by Gasteiger charge is -2.30. The summed E-state index contributed by atoms with van der Waals surface area (Å²) in [6.07, 6.45) is 5.76. The minimum absolute atomic E-state index is 0.402. The van der Waals surface area contributed by atoms with Gasteiger partial charge in [-0.25, -0.2) is 0 Å². The molecule has 0 bridgehead atoms. The Hall–Kier alpha value is -3.16. The average molecular weight is 377 g/mol. The molecule has 0 unspecified atom stereocenters. The van der Waals surface area contributed by atoms with Gasteiger partial charge in [-0.2, -0.15) is 10.1 Å². The number of hydrogen-bond acceptors (Lipinski definition) is 6. The van der Waals surface area contributed by atoms with Crippen molar-refractivity contribution in [2.75, 3.05) is 18.0 Å². The summed E-state index contributed by atoms with van der Waals surface area (Å²) in [7, 11) is 0. The van der Waals surface area contributed by atoms with Gasteiger partial charge in [-0.3, -0.25) is 4.68 Å². The van der Waals surface area contributed by atoms with Crippen molar-refractivity contribution >= 4 is 17.1 Å². The maximum absolute atomic E-state index is 5.93. The van der Waals surface area contributed by atoms with Gasteiger partial charge >= 0.3 is 0 Å². The van der Waals surface area contributed by atoms with Crippen molar-refractivity contribution in [3.63, 3.8) is 0 Å². The van der Waals surface area contributed by atoms with Crippen molar-refractivity contribution in [2.24, 2.45) is 0 Å². The second kappa shape index (κ2) is 7.10. The van der Waals surface area contributed by atoms with Gasteiger partial charge in [0, 0.05) is 37.9 Å². The van der Waals surface area contributed by atoms with Crippen molar-refractivity contribution in [1.29, 1.82) is 0 Å². The molecule has 0 spiro atoms. The fraction of sp³-hybridized carbons (Fsp3) is 0.400. The number of anilines is 1. The van der Waals surface area contributed by atoms with Crippen LogP contribution in [0.4, 0.5) is 6.01 Å². The average Bonchev–Trinajstić information content (AvgIpc) is 3.48. The van der Waals surface area contributed by atoms with Crippen molar-refractivity contribution < 1.29 is 4.42 Å². The molecule has 1 aromatic carbocycles. The minimum atomic E-state index is 0.402. The van der Waals surface area contributed by atoms with Crippen LogP contribution in [0, 0.1) is 0 Å². The number of oxazole rings is 1. The highest BCUT2D eigenvalue weighted by Crippen LogP contribution is 2.31. The van der Waals surface area contributed by atoms with Crippen LogP contribution in [0.2, 0.25) is 0 Å². The molecule has 8 nitrogen and oxygen atoms in total. The first-order chi connectivity index (χ1) is 13.8. The molecule has 1 aliphatic heterocycles. The molecule has 0 radical (unpaired) electrons. The van der Waals surface area contributed by atoms with E-state index in [1.54, 1.807) is 6.20 Å². The van der Waals surface area contributed by atoms with Gasteiger partial charge in [-0.1, -0.05) is 12.1 Å². The molecule has 0 amide bonds. The maximum atomic E-state index is 5.93. The van der Waals surface area contributed by atoms with Crippen molar-refractivity contribution in [2.45, 2.75) is 38.8 Å². The highest BCUT2D eigenvalue weighted by molar-refractivity contribution is 5.74. The van der Waals surface area contributed by atoms with E-state index in [1.807, 2.05) is 41.2 Å². The Labute approximate surface area is 162 Å². The van der Waals surface area contributed by atoms with Crippen LogP contribution < -0.4 is 4.90 Å². The summed E-state index contributed by atoms with van der Waals surface area (Å²) in [5.41, 5.74) is 1.75. The van der Waals surface area contributed by atoms with Crippen LogP contribution in [0.25, 0.3) is 11.1 Å². The number of aromatic nitrogens is 6. The predicted molar refractivity (Wildman–Crippen MR) is 105 cm³/mol. The zero-order chi connectivity index (χ0) is 18.9. The van der Waals surface area contributed by atoms with E-state index < -0.39 is 0 Å². The number of piperidine rings is 1. The molecule has 4 heterocycles. The minimum Gasteiger partial charge on any atom is -0.423 e. The molecular formula is C20H23N7O. The molecule has 8 heteroatoms. The molecule has 0 aliphatic carbocycles. The standard InChI is InChI=1S/C20H23N7O/c1-2-27-18(14-26-11-5-10-21-26)23-24-19(27)15-8-12-25(13-9-15)20-22-16-6-3-4-7-17(16)28-20/h3-7,10-11,15H,2,8-9,12-14H2,1H3. The Morgan fingerprint density at radius 2 is 1.96 bits per heavy atom. The van der Waals surface area contributed by atoms with Crippen molar-refractivity contribution in [3.05, 3.63) is 54.4 Å². The molecule has 4 aromatic rings. The summed E-state index contributed by atoms with van der Waals surface area (Å²) in [6, 6.07) is 10.6. The molecule has 1 saturated heterocycles. The lowest BCUT2D eigenvalue weighted by atomic mass is 9.96. The summed E-state index contributed by atoms with van der Waals surface area (Å²) < 4.78 is 10.1. The van der Waals surface area contributed by atoms with E-state index in [4.69, 9.17) is 4.42 Å². The normalized spacial score (nSPS) is 15.5. The van der Waals surface area contributed by atoms with Crippen LogP contribution in [0.5, 0.6) is 0 Å². The van der Waals surface area contributed by atoms with Gasteiger partial charge in [0.25, 0.3) is 6.01 Å². The van der Waals surface area contributed by atoms with E-state index in [-0.39, 0.29) is 0 Å². The second-order valence-corrected chi connectivity index (χ2v) is 7.15. The highest BCUT2D eigenvalue weighted by atomic mass is 16.4. The van der Waals surface area contributed by atoms with Gasteiger partial charge in [0.1, 0.15) is 17.9 Å². The number of rotatable bonds is 5. The number of nitrogens with zero attached hydrogens (tertiary/aromatic N) is 7. The topological polar surface area (TPSA) is 77.8 Å². The van der Waals surface area contributed by atoms with Gasteiger partial charge in [0.05, 0.1) is 0 Å². The van der Waals surface area contributed by atoms with Gasteiger partial charge in [0.15, 0.2) is 11.4 Å². The molecule has 0 saturated carbocycles. The molecule has 144 valence electrons. The van der Waals surface area contributed by atoms with Crippen LogP contribution in [-0.2, 0) is 13.1 Å². The van der Waals surface area contributed by atoms with Gasteiger partial charge in [0.2, 0.25) is 0 Å². The van der Waals surface area contributed by atoms with Crippen LogP contribution in [0.1, 0.15) is 37.3 Å². The Morgan fingerprint density at radius 1 is 1.11 bits per heavy atom. The lowest BCUT2D eigenvalue weighted by molar-refractivity contribution is 0.440. The van der Waals surface area contributed by atoms with Crippen LogP contribution >= 0.6 is 0 Å². The molecule has 0 atom stereocenters. The first kappa shape index (κ1) is 17.0. The predicted octanol–water partition coefficient (Wildman–Crippen LogP) is 3.07. The SMILES string of the molecule is CCn1c(Cn2cccn2)nnc1C1CCN(c2nc3ccccc3o2)CC1. The smallest absolute Gasteiger partial charge is 0.298 e. The fourth-order valence-corrected chi connectivity index (χ4v) is 3.98. The maximum Gasteiger partial charge on any atom is 0.298 e. The lowest BCUT2D eigenvalue weighted by Crippen LogP contribution is -2.34. The van der Waals surface area contributed by atoms with E-state index in [1.165, 1.54) is 0 Å². The summed E-state index contributed by atoms with van der Waals surface area (Å²) in [5, 5.41) is 13.3. The first-order valence-electron chi connectivity index (χ1n) is 9.81. The number of para-hydroxylation sites is 2. The van der Waals surface area contributed by atoms with Crippen LogP contribution in [0.15, 0.2) is 47.1 Å². The third-order valence-corrected chi connectivity index (χ3v) is 5.45. The van der Waals surface area contributed by atoms with E-state index in [9.17, 15) is 0 Å². The van der Waals surface area contributed by atoms with Gasteiger partial charge < -0.3 is 13.9 Å². The molecule has 28 heavy (non-hydrogen) atoms. The number of fused-ring (bicyclic) bond motifs is 1. The van der Waals surface area contributed by atoms with Gasteiger partial charge in [-0.15, -0.1) is 10.2 Å². The molecule has 5 rings (SSSR count). The number of hydrogen-bond donors (Lipinski definition) is 0. The van der Waals surface area contributed by atoms with E-state index >= 15 is 0 Å². The zero-order valence-electron chi connectivity index (χ0n) is 15.9. The summed E-state index contributed by atoms with van der Waals surface area (Å²) in [5.74, 6) is 2.45. The Morgan fingerprint density at radius 3 is 2.71 bits per heavy atom. The molecule has 1 aliphatic rings. The van der Waals surface area contributed by atoms with Crippen molar-refractivity contribution in [3.8, 4) is 0 Å². The van der Waals surface area contributed by atoms with E-state index in [0.717, 1.165) is 61.2 Å². The zero-order valence-corrected chi connectivity index (χ0v) is 15.9.